The van der Waals surface area contributed by atoms with Gasteiger partial charge in [0.1, 0.15) is 11.6 Å². The normalized spacial score (nSPS) is 16.7. The third-order valence-corrected chi connectivity index (χ3v) is 8.10. The highest BCUT2D eigenvalue weighted by atomic mass is 79.9. The average molecular weight is 444 g/mol. The summed E-state index contributed by atoms with van der Waals surface area (Å²) >= 11 is 3.32. The van der Waals surface area contributed by atoms with Gasteiger partial charge in [-0.3, -0.25) is 0 Å². The number of hydrogen-bond acceptors (Lipinski definition) is 3. The van der Waals surface area contributed by atoms with Crippen LogP contribution >= 0.6 is 15.9 Å². The molecule has 140 valence electrons. The number of rotatable bonds is 5. The molecule has 1 aliphatic heterocycles. The van der Waals surface area contributed by atoms with Gasteiger partial charge in [-0.15, -0.1) is 0 Å². The summed E-state index contributed by atoms with van der Waals surface area (Å²) in [4.78, 5) is 2.47. The van der Waals surface area contributed by atoms with Crippen molar-refractivity contribution in [1.29, 1.82) is 0 Å². The molecule has 2 aromatic rings. The van der Waals surface area contributed by atoms with Crippen LogP contribution in [-0.4, -0.2) is 38.2 Å². The molecule has 0 saturated carbocycles. The first-order valence-corrected chi connectivity index (χ1v) is 10.9. The lowest BCUT2D eigenvalue weighted by Gasteiger charge is -2.31. The van der Waals surface area contributed by atoms with Gasteiger partial charge in [-0.25, -0.2) is 17.2 Å². The number of sulfone groups is 1. The van der Waals surface area contributed by atoms with Gasteiger partial charge in [-0.2, -0.15) is 0 Å². The van der Waals surface area contributed by atoms with E-state index in [1.54, 1.807) is 24.3 Å². The van der Waals surface area contributed by atoms with E-state index in [2.05, 4.69) is 20.8 Å². The second-order valence-corrected chi connectivity index (χ2v) is 9.55. The van der Waals surface area contributed by atoms with Crippen LogP contribution in [0.2, 0.25) is 0 Å². The molecule has 3 rings (SSSR count). The molecule has 1 heterocycles. The van der Waals surface area contributed by atoms with Gasteiger partial charge in [0.25, 0.3) is 0 Å². The Morgan fingerprint density at radius 1 is 1.08 bits per heavy atom. The lowest BCUT2D eigenvalue weighted by atomic mass is 10.1. The predicted octanol–water partition coefficient (Wildman–Crippen LogP) is 4.21. The monoisotopic (exact) mass is 443 g/mol. The minimum absolute atomic E-state index is 0.340. The highest BCUT2D eigenvalue weighted by molar-refractivity contribution is 9.10. The van der Waals surface area contributed by atoms with Gasteiger partial charge in [-0.1, -0.05) is 18.2 Å². The second kappa shape index (κ2) is 8.15. The van der Waals surface area contributed by atoms with E-state index in [4.69, 9.17) is 0 Å². The fourth-order valence-electron chi connectivity index (χ4n) is 3.30. The molecule has 26 heavy (non-hydrogen) atoms. The molecule has 1 fully saturated rings. The second-order valence-electron chi connectivity index (χ2n) is 6.50. The lowest BCUT2D eigenvalue weighted by molar-refractivity contribution is 0.232. The highest BCUT2D eigenvalue weighted by Crippen LogP contribution is 2.29. The molecule has 0 amide bonds. The lowest BCUT2D eigenvalue weighted by Crippen LogP contribution is -2.40. The molecule has 0 radical (unpaired) electrons. The van der Waals surface area contributed by atoms with Crippen molar-refractivity contribution in [3.05, 3.63) is 64.1 Å². The van der Waals surface area contributed by atoms with E-state index in [1.807, 2.05) is 0 Å². The molecular formula is C19H20BrF2NO2S. The molecule has 0 aliphatic carbocycles. The molecule has 7 heteroatoms. The molecule has 0 N–H and O–H groups in total. The molecule has 0 aromatic heterocycles. The van der Waals surface area contributed by atoms with Crippen LogP contribution in [0.3, 0.4) is 0 Å². The zero-order valence-corrected chi connectivity index (χ0v) is 16.6. The summed E-state index contributed by atoms with van der Waals surface area (Å²) in [5, 5.41) is -0.403. The van der Waals surface area contributed by atoms with Crippen molar-refractivity contribution in [2.24, 2.45) is 0 Å². The van der Waals surface area contributed by atoms with Crippen LogP contribution in [0, 0.1) is 11.6 Å². The minimum atomic E-state index is -3.37. The van der Waals surface area contributed by atoms with Gasteiger partial charge < -0.3 is 4.90 Å². The Balaban J connectivity index is 1.58. The Labute approximate surface area is 161 Å². The Morgan fingerprint density at radius 3 is 2.42 bits per heavy atom. The van der Waals surface area contributed by atoms with Crippen molar-refractivity contribution in [2.45, 2.75) is 29.4 Å². The van der Waals surface area contributed by atoms with Crippen molar-refractivity contribution in [3.63, 3.8) is 0 Å². The van der Waals surface area contributed by atoms with Crippen molar-refractivity contribution in [2.75, 3.05) is 19.6 Å². The fraction of sp³-hybridized carbons (Fsp3) is 0.368. The van der Waals surface area contributed by atoms with E-state index in [-0.39, 0.29) is 0 Å². The molecular weight excluding hydrogens is 424 g/mol. The molecule has 0 atom stereocenters. The van der Waals surface area contributed by atoms with Crippen molar-refractivity contribution in [3.8, 4) is 0 Å². The van der Waals surface area contributed by atoms with Crippen LogP contribution in [-0.2, 0) is 16.3 Å². The molecule has 2 aromatic carbocycles. The number of nitrogens with zero attached hydrogens (tertiary/aromatic N) is 1. The number of benzene rings is 2. The third kappa shape index (κ3) is 4.32. The Bertz CT molecular complexity index is 881. The van der Waals surface area contributed by atoms with Crippen LogP contribution in [0.4, 0.5) is 8.78 Å². The standard InChI is InChI=1S/C19H20BrF2NO2S/c20-17-3-1-2-4-19(17)26(24,25)16-8-11-23(12-9-16)10-7-14-5-6-15(21)13-18(14)22/h1-6,13,16H,7-12H2. The number of hydrogen-bond donors (Lipinski definition) is 0. The first kappa shape index (κ1) is 19.5. The van der Waals surface area contributed by atoms with E-state index in [0.29, 0.717) is 53.8 Å². The Morgan fingerprint density at radius 2 is 1.77 bits per heavy atom. The Hall–Kier alpha value is -1.31. The first-order valence-electron chi connectivity index (χ1n) is 8.52. The molecule has 0 bridgehead atoms. The van der Waals surface area contributed by atoms with Gasteiger partial charge in [0.15, 0.2) is 9.84 Å². The summed E-state index contributed by atoms with van der Waals surface area (Å²) in [7, 11) is -3.37. The summed E-state index contributed by atoms with van der Waals surface area (Å²) in [5.74, 6) is -1.11. The number of halogens is 3. The summed E-state index contributed by atoms with van der Waals surface area (Å²) in [6, 6.07) is 10.5. The van der Waals surface area contributed by atoms with Gasteiger partial charge >= 0.3 is 0 Å². The van der Waals surface area contributed by atoms with Crippen LogP contribution in [0.25, 0.3) is 0 Å². The molecule has 0 unspecified atom stereocenters. The molecule has 0 spiro atoms. The number of likely N-dealkylation sites (tertiary alicyclic amines) is 1. The summed E-state index contributed by atoms with van der Waals surface area (Å²) in [5.41, 5.74) is 0.481. The zero-order valence-electron chi connectivity index (χ0n) is 14.2. The maximum atomic E-state index is 13.7. The highest BCUT2D eigenvalue weighted by Gasteiger charge is 2.32. The van der Waals surface area contributed by atoms with Crippen molar-refractivity contribution < 1.29 is 17.2 Å². The fourth-order valence-corrected chi connectivity index (χ4v) is 6.06. The van der Waals surface area contributed by atoms with Crippen LogP contribution < -0.4 is 0 Å². The minimum Gasteiger partial charge on any atom is -0.303 e. The molecule has 1 aliphatic rings. The summed E-state index contributed by atoms with van der Waals surface area (Å²) in [6.07, 6.45) is 1.58. The largest absolute Gasteiger partial charge is 0.303 e. The quantitative estimate of drug-likeness (QED) is 0.694. The van der Waals surface area contributed by atoms with E-state index in [1.165, 1.54) is 12.1 Å². The molecule has 1 saturated heterocycles. The van der Waals surface area contributed by atoms with E-state index < -0.39 is 26.7 Å². The van der Waals surface area contributed by atoms with E-state index in [0.717, 1.165) is 6.07 Å². The van der Waals surface area contributed by atoms with Crippen molar-refractivity contribution in [1.82, 2.24) is 4.90 Å². The van der Waals surface area contributed by atoms with Gasteiger partial charge in [0.05, 0.1) is 10.1 Å². The van der Waals surface area contributed by atoms with Crippen LogP contribution in [0.1, 0.15) is 18.4 Å². The van der Waals surface area contributed by atoms with Gasteiger partial charge in [-0.05, 0) is 72.0 Å². The molecule has 3 nitrogen and oxygen atoms in total. The average Bonchev–Trinajstić information content (AvgIpc) is 2.61. The topological polar surface area (TPSA) is 37.4 Å². The number of piperidine rings is 1. The third-order valence-electron chi connectivity index (χ3n) is 4.83. The SMILES string of the molecule is O=S(=O)(c1ccccc1Br)C1CCN(CCc2ccc(F)cc2F)CC1. The van der Waals surface area contributed by atoms with E-state index >= 15 is 0 Å². The maximum Gasteiger partial charge on any atom is 0.182 e. The van der Waals surface area contributed by atoms with Crippen LogP contribution in [0.5, 0.6) is 0 Å². The van der Waals surface area contributed by atoms with Crippen molar-refractivity contribution >= 4 is 25.8 Å². The summed E-state index contributed by atoms with van der Waals surface area (Å²) < 4.78 is 52.9. The van der Waals surface area contributed by atoms with E-state index in [9.17, 15) is 17.2 Å². The predicted molar refractivity (Wildman–Crippen MR) is 101 cm³/mol. The summed E-state index contributed by atoms with van der Waals surface area (Å²) in [6.45, 7) is 1.93. The van der Waals surface area contributed by atoms with Crippen LogP contribution in [0.15, 0.2) is 51.8 Å². The van der Waals surface area contributed by atoms with Gasteiger partial charge in [0, 0.05) is 17.1 Å². The maximum absolute atomic E-state index is 13.7. The smallest absolute Gasteiger partial charge is 0.182 e. The first-order chi connectivity index (χ1) is 12.4. The Kier molecular flexibility index (Phi) is 6.10. The zero-order chi connectivity index (χ0) is 18.7. The van der Waals surface area contributed by atoms with Gasteiger partial charge in [0.2, 0.25) is 0 Å².